The standard InChI is InChI=1S/C21H24FN7O4/c1-12(14-7-6-8-23-16(14)22)32-19(30)28-18-15(11-26-29(18)5)17-24-9-13(10-25-17)27-20(31)33-21(2,3)4/h6-12H,1-5H3,(H,27,31)(H,28,30)/t12-/m1/s1. The van der Waals surface area contributed by atoms with Gasteiger partial charge in [-0.2, -0.15) is 9.49 Å². The Bertz CT molecular complexity index is 1140. The zero-order valence-electron chi connectivity index (χ0n) is 18.8. The molecule has 1 atom stereocenters. The van der Waals surface area contributed by atoms with Gasteiger partial charge in [0.15, 0.2) is 5.82 Å². The van der Waals surface area contributed by atoms with Crippen molar-refractivity contribution in [2.45, 2.75) is 39.4 Å². The summed E-state index contributed by atoms with van der Waals surface area (Å²) in [4.78, 5) is 36.3. The molecule has 174 valence electrons. The molecular formula is C21H24FN7O4. The van der Waals surface area contributed by atoms with Crippen LogP contribution in [0.15, 0.2) is 36.9 Å². The van der Waals surface area contributed by atoms with E-state index in [0.29, 0.717) is 11.3 Å². The lowest BCUT2D eigenvalue weighted by Crippen LogP contribution is -2.27. The molecule has 0 fully saturated rings. The van der Waals surface area contributed by atoms with Gasteiger partial charge in [-0.25, -0.2) is 24.5 Å². The molecule has 3 rings (SSSR count). The Morgan fingerprint density at radius 2 is 1.79 bits per heavy atom. The summed E-state index contributed by atoms with van der Waals surface area (Å²) in [6.07, 6.45) is 3.24. The van der Waals surface area contributed by atoms with Gasteiger partial charge >= 0.3 is 12.2 Å². The molecule has 0 radical (unpaired) electrons. The number of halogens is 1. The summed E-state index contributed by atoms with van der Waals surface area (Å²) in [5.74, 6) is -0.196. The molecule has 0 aliphatic rings. The normalized spacial score (nSPS) is 12.1. The predicted molar refractivity (Wildman–Crippen MR) is 117 cm³/mol. The number of ether oxygens (including phenoxy) is 2. The predicted octanol–water partition coefficient (Wildman–Crippen LogP) is 4.07. The number of hydrogen-bond donors (Lipinski definition) is 2. The van der Waals surface area contributed by atoms with Crippen molar-refractivity contribution in [1.29, 1.82) is 0 Å². The van der Waals surface area contributed by atoms with E-state index in [9.17, 15) is 14.0 Å². The van der Waals surface area contributed by atoms with E-state index in [-0.39, 0.29) is 17.2 Å². The number of rotatable bonds is 5. The Morgan fingerprint density at radius 3 is 2.42 bits per heavy atom. The molecule has 3 aromatic heterocycles. The molecule has 12 heteroatoms. The van der Waals surface area contributed by atoms with Gasteiger partial charge in [-0.15, -0.1) is 0 Å². The SMILES string of the molecule is C[C@@H](OC(=O)Nc1c(-c2ncc(NC(=O)OC(C)(C)C)cn2)cnn1C)c1cccnc1F. The fourth-order valence-electron chi connectivity index (χ4n) is 2.75. The monoisotopic (exact) mass is 457 g/mol. The first-order valence-corrected chi connectivity index (χ1v) is 9.96. The van der Waals surface area contributed by atoms with Gasteiger partial charge in [-0.3, -0.25) is 15.3 Å². The average Bonchev–Trinajstić information content (AvgIpc) is 3.07. The fourth-order valence-corrected chi connectivity index (χ4v) is 2.75. The molecule has 0 aliphatic heterocycles. The van der Waals surface area contributed by atoms with Crippen LogP contribution in [-0.2, 0) is 16.5 Å². The Labute approximate surface area is 189 Å². The summed E-state index contributed by atoms with van der Waals surface area (Å²) in [6, 6.07) is 3.03. The van der Waals surface area contributed by atoms with Crippen molar-refractivity contribution in [3.05, 3.63) is 48.4 Å². The molecule has 3 aromatic rings. The van der Waals surface area contributed by atoms with Gasteiger partial charge in [0.05, 0.1) is 29.8 Å². The van der Waals surface area contributed by atoms with Gasteiger partial charge in [0.25, 0.3) is 0 Å². The largest absolute Gasteiger partial charge is 0.444 e. The second-order valence-electron chi connectivity index (χ2n) is 8.01. The third kappa shape index (κ3) is 6.21. The van der Waals surface area contributed by atoms with E-state index in [0.717, 1.165) is 0 Å². The third-order valence-corrected chi connectivity index (χ3v) is 4.21. The van der Waals surface area contributed by atoms with E-state index >= 15 is 0 Å². The van der Waals surface area contributed by atoms with Gasteiger partial charge in [0, 0.05) is 18.8 Å². The topological polar surface area (TPSA) is 133 Å². The van der Waals surface area contributed by atoms with Crippen LogP contribution in [0.2, 0.25) is 0 Å². The summed E-state index contributed by atoms with van der Waals surface area (Å²) in [7, 11) is 1.61. The summed E-state index contributed by atoms with van der Waals surface area (Å²) >= 11 is 0. The molecule has 0 spiro atoms. The zero-order chi connectivity index (χ0) is 24.2. The van der Waals surface area contributed by atoms with Crippen molar-refractivity contribution in [3.63, 3.8) is 0 Å². The summed E-state index contributed by atoms with van der Waals surface area (Å²) in [6.45, 7) is 6.79. The van der Waals surface area contributed by atoms with Crippen molar-refractivity contribution in [2.75, 3.05) is 10.6 Å². The minimum atomic E-state index is -0.871. The number of nitrogens with one attached hydrogen (secondary N) is 2. The van der Waals surface area contributed by atoms with E-state index in [2.05, 4.69) is 30.7 Å². The number of amides is 2. The van der Waals surface area contributed by atoms with E-state index in [4.69, 9.17) is 9.47 Å². The molecule has 0 aliphatic carbocycles. The van der Waals surface area contributed by atoms with Crippen LogP contribution in [0.5, 0.6) is 0 Å². The maximum absolute atomic E-state index is 13.8. The number of hydrogen-bond acceptors (Lipinski definition) is 8. The lowest BCUT2D eigenvalue weighted by Gasteiger charge is -2.19. The fraction of sp³-hybridized carbons (Fsp3) is 0.333. The van der Waals surface area contributed by atoms with Gasteiger partial charge in [0.1, 0.15) is 17.5 Å². The average molecular weight is 457 g/mol. The second-order valence-corrected chi connectivity index (χ2v) is 8.01. The molecule has 3 heterocycles. The molecule has 2 amide bonds. The number of aromatic nitrogens is 5. The van der Waals surface area contributed by atoms with E-state index in [1.807, 2.05) is 0 Å². The van der Waals surface area contributed by atoms with Crippen molar-refractivity contribution in [2.24, 2.45) is 7.05 Å². The Balaban J connectivity index is 1.70. The molecule has 0 unspecified atom stereocenters. The van der Waals surface area contributed by atoms with E-state index < -0.39 is 29.8 Å². The van der Waals surface area contributed by atoms with Crippen LogP contribution in [0.3, 0.4) is 0 Å². The molecule has 2 N–H and O–H groups in total. The van der Waals surface area contributed by atoms with Crippen molar-refractivity contribution >= 4 is 23.7 Å². The van der Waals surface area contributed by atoms with Crippen LogP contribution in [0.4, 0.5) is 25.5 Å². The number of carbonyl (C=O) groups excluding carboxylic acids is 2. The molecule has 11 nitrogen and oxygen atoms in total. The van der Waals surface area contributed by atoms with Gasteiger partial charge in [-0.1, -0.05) is 0 Å². The van der Waals surface area contributed by atoms with Gasteiger partial charge < -0.3 is 9.47 Å². The summed E-state index contributed by atoms with van der Waals surface area (Å²) in [5, 5.41) is 9.23. The lowest BCUT2D eigenvalue weighted by atomic mass is 10.2. The molecule has 33 heavy (non-hydrogen) atoms. The Morgan fingerprint density at radius 1 is 1.09 bits per heavy atom. The molecule has 0 saturated heterocycles. The summed E-state index contributed by atoms with van der Waals surface area (Å²) in [5.41, 5.74) is 0.252. The minimum Gasteiger partial charge on any atom is -0.444 e. The Hall–Kier alpha value is -4.09. The van der Waals surface area contributed by atoms with Crippen LogP contribution in [-0.4, -0.2) is 42.5 Å². The van der Waals surface area contributed by atoms with Crippen LogP contribution < -0.4 is 10.6 Å². The first kappa shape index (κ1) is 23.6. The van der Waals surface area contributed by atoms with Crippen LogP contribution >= 0.6 is 0 Å². The number of aryl methyl sites for hydroxylation is 1. The highest BCUT2D eigenvalue weighted by atomic mass is 19.1. The lowest BCUT2D eigenvalue weighted by molar-refractivity contribution is 0.0635. The summed E-state index contributed by atoms with van der Waals surface area (Å²) < 4.78 is 25.7. The van der Waals surface area contributed by atoms with Crippen molar-refractivity contribution in [1.82, 2.24) is 24.7 Å². The first-order valence-electron chi connectivity index (χ1n) is 9.96. The maximum atomic E-state index is 13.8. The zero-order valence-corrected chi connectivity index (χ0v) is 18.8. The highest BCUT2D eigenvalue weighted by Gasteiger charge is 2.21. The maximum Gasteiger partial charge on any atom is 0.413 e. The smallest absolute Gasteiger partial charge is 0.413 e. The third-order valence-electron chi connectivity index (χ3n) is 4.21. The van der Waals surface area contributed by atoms with E-state index in [1.165, 1.54) is 42.5 Å². The molecule has 0 saturated carbocycles. The van der Waals surface area contributed by atoms with Gasteiger partial charge in [-0.05, 0) is 39.8 Å². The van der Waals surface area contributed by atoms with Gasteiger partial charge in [0.2, 0.25) is 5.95 Å². The first-order chi connectivity index (χ1) is 15.5. The minimum absolute atomic E-state index is 0.147. The Kier molecular flexibility index (Phi) is 6.85. The number of carbonyl (C=O) groups is 2. The molecule has 0 bridgehead atoms. The number of pyridine rings is 1. The van der Waals surface area contributed by atoms with Crippen molar-refractivity contribution in [3.8, 4) is 11.4 Å². The highest BCUT2D eigenvalue weighted by Crippen LogP contribution is 2.26. The van der Waals surface area contributed by atoms with E-state index in [1.54, 1.807) is 33.9 Å². The number of anilines is 2. The van der Waals surface area contributed by atoms with Crippen LogP contribution in [0.1, 0.15) is 39.4 Å². The van der Waals surface area contributed by atoms with Crippen LogP contribution in [0.25, 0.3) is 11.4 Å². The van der Waals surface area contributed by atoms with Crippen molar-refractivity contribution < 1.29 is 23.5 Å². The van der Waals surface area contributed by atoms with Crippen LogP contribution in [0, 0.1) is 5.95 Å². The molecule has 0 aromatic carbocycles. The quantitative estimate of drug-likeness (QED) is 0.548. The highest BCUT2D eigenvalue weighted by molar-refractivity contribution is 5.89. The number of nitrogens with zero attached hydrogens (tertiary/aromatic N) is 5. The second kappa shape index (κ2) is 9.59. The molecular weight excluding hydrogens is 433 g/mol.